The minimum atomic E-state index is -1.30. The lowest BCUT2D eigenvalue weighted by Gasteiger charge is -2.10. The third kappa shape index (κ3) is 7.95. The molecule has 0 spiro atoms. The summed E-state index contributed by atoms with van der Waals surface area (Å²) in [5, 5.41) is 13.5. The van der Waals surface area contributed by atoms with Gasteiger partial charge in [0.2, 0.25) is 0 Å². The predicted octanol–water partition coefficient (Wildman–Crippen LogP) is 7.57. The fourth-order valence-corrected chi connectivity index (χ4v) is 4.33. The van der Waals surface area contributed by atoms with Crippen LogP contribution in [0.1, 0.15) is 68.3 Å². The van der Waals surface area contributed by atoms with Crippen molar-refractivity contribution < 1.29 is 28.2 Å². The standard InChI is InChI=1S/C28H30F2N2O4S/c1-3-4-5-6-7-10-13-36-25-12-9-8-11-20(25)24-17-37-28(31-24)32-26(33)19-15-22(29)21(23(30)16-19)14-18(2)27(34)35/h8-9,11-12,14-17H,3-7,10,13H2,1-2H3,(H,34,35)(H,31,32,33)/b18-14+. The summed E-state index contributed by atoms with van der Waals surface area (Å²) in [4.78, 5) is 28.0. The van der Waals surface area contributed by atoms with E-state index in [9.17, 15) is 18.4 Å². The van der Waals surface area contributed by atoms with E-state index in [-0.39, 0.29) is 16.3 Å². The number of carbonyl (C=O) groups is 2. The molecular formula is C28H30F2N2O4S. The molecule has 9 heteroatoms. The number of anilines is 1. The molecule has 0 aliphatic heterocycles. The molecule has 3 aromatic rings. The van der Waals surface area contributed by atoms with Gasteiger partial charge in [-0.2, -0.15) is 0 Å². The van der Waals surface area contributed by atoms with Crippen molar-refractivity contribution in [3.05, 3.63) is 70.1 Å². The Morgan fingerprint density at radius 3 is 2.46 bits per heavy atom. The second kappa shape index (κ2) is 13.6. The van der Waals surface area contributed by atoms with Crippen molar-refractivity contribution in [3.8, 4) is 17.0 Å². The minimum Gasteiger partial charge on any atom is -0.493 e. The number of carboxylic acid groups (broad SMARTS) is 1. The van der Waals surface area contributed by atoms with Gasteiger partial charge in [-0.05, 0) is 43.7 Å². The zero-order chi connectivity index (χ0) is 26.8. The number of aliphatic carboxylic acids is 1. The predicted molar refractivity (Wildman–Crippen MR) is 142 cm³/mol. The van der Waals surface area contributed by atoms with Crippen LogP contribution in [0.4, 0.5) is 13.9 Å². The van der Waals surface area contributed by atoms with Gasteiger partial charge in [-0.25, -0.2) is 18.6 Å². The smallest absolute Gasteiger partial charge is 0.331 e. The summed E-state index contributed by atoms with van der Waals surface area (Å²) in [5.74, 6) is -3.42. The number of nitrogens with one attached hydrogen (secondary N) is 1. The number of hydrogen-bond donors (Lipinski definition) is 2. The van der Waals surface area contributed by atoms with Crippen LogP contribution in [-0.2, 0) is 4.79 Å². The lowest BCUT2D eigenvalue weighted by atomic mass is 10.1. The first-order chi connectivity index (χ1) is 17.8. The Bertz CT molecular complexity index is 1250. The van der Waals surface area contributed by atoms with Gasteiger partial charge in [0.05, 0.1) is 12.3 Å². The van der Waals surface area contributed by atoms with Gasteiger partial charge in [0.1, 0.15) is 17.4 Å². The average molecular weight is 529 g/mol. The molecule has 0 saturated carbocycles. The quantitative estimate of drug-likeness (QED) is 0.176. The molecule has 1 heterocycles. The number of amides is 1. The Kier molecular flexibility index (Phi) is 10.3. The lowest BCUT2D eigenvalue weighted by Crippen LogP contribution is -2.13. The number of unbranched alkanes of at least 4 members (excludes halogenated alkanes) is 5. The van der Waals surface area contributed by atoms with Crippen LogP contribution in [0.2, 0.25) is 0 Å². The molecule has 196 valence electrons. The third-order valence-electron chi connectivity index (χ3n) is 5.68. The highest BCUT2D eigenvalue weighted by molar-refractivity contribution is 7.14. The summed E-state index contributed by atoms with van der Waals surface area (Å²) < 4.78 is 34.8. The fraction of sp³-hybridized carbons (Fsp3) is 0.321. The maximum absolute atomic E-state index is 14.4. The first kappa shape index (κ1) is 28.0. The first-order valence-electron chi connectivity index (χ1n) is 12.2. The Hall–Kier alpha value is -3.59. The van der Waals surface area contributed by atoms with Gasteiger partial charge < -0.3 is 9.84 Å². The van der Waals surface area contributed by atoms with Crippen molar-refractivity contribution in [2.45, 2.75) is 52.4 Å². The largest absolute Gasteiger partial charge is 0.493 e. The Morgan fingerprint density at radius 1 is 1.08 bits per heavy atom. The van der Waals surface area contributed by atoms with Gasteiger partial charge in [0.15, 0.2) is 5.13 Å². The second-order valence-electron chi connectivity index (χ2n) is 8.59. The van der Waals surface area contributed by atoms with Crippen LogP contribution < -0.4 is 10.1 Å². The van der Waals surface area contributed by atoms with Crippen LogP contribution in [0.3, 0.4) is 0 Å². The Balaban J connectivity index is 1.66. The number of benzene rings is 2. The van der Waals surface area contributed by atoms with Crippen LogP contribution in [0.15, 0.2) is 47.4 Å². The molecular weight excluding hydrogens is 498 g/mol. The molecule has 2 aromatic carbocycles. The van der Waals surface area contributed by atoms with Crippen molar-refractivity contribution in [2.24, 2.45) is 0 Å². The lowest BCUT2D eigenvalue weighted by molar-refractivity contribution is -0.132. The number of thiazole rings is 1. The highest BCUT2D eigenvalue weighted by atomic mass is 32.1. The Morgan fingerprint density at radius 2 is 1.76 bits per heavy atom. The van der Waals surface area contributed by atoms with Crippen molar-refractivity contribution in [2.75, 3.05) is 11.9 Å². The van der Waals surface area contributed by atoms with Crippen molar-refractivity contribution >= 4 is 34.4 Å². The van der Waals surface area contributed by atoms with E-state index in [1.54, 1.807) is 5.38 Å². The summed E-state index contributed by atoms with van der Waals surface area (Å²) in [6, 6.07) is 9.23. The number of para-hydroxylation sites is 1. The van der Waals surface area contributed by atoms with Crippen molar-refractivity contribution in [3.63, 3.8) is 0 Å². The number of rotatable bonds is 13. The number of halogens is 2. The zero-order valence-electron chi connectivity index (χ0n) is 20.9. The molecule has 1 amide bonds. The molecule has 0 unspecified atom stereocenters. The summed E-state index contributed by atoms with van der Waals surface area (Å²) in [5.41, 5.74) is 0.389. The van der Waals surface area contributed by atoms with E-state index in [2.05, 4.69) is 17.2 Å². The third-order valence-corrected chi connectivity index (χ3v) is 6.44. The highest BCUT2D eigenvalue weighted by Crippen LogP contribution is 2.32. The number of carboxylic acids is 1. The summed E-state index contributed by atoms with van der Waals surface area (Å²) in [6.07, 6.45) is 7.88. The molecule has 0 bridgehead atoms. The zero-order valence-corrected chi connectivity index (χ0v) is 21.7. The van der Waals surface area contributed by atoms with Crippen LogP contribution in [-0.4, -0.2) is 28.6 Å². The van der Waals surface area contributed by atoms with E-state index in [0.29, 0.717) is 18.1 Å². The van der Waals surface area contributed by atoms with Gasteiger partial charge >= 0.3 is 5.97 Å². The minimum absolute atomic E-state index is 0.235. The first-order valence-corrected chi connectivity index (χ1v) is 13.1. The maximum atomic E-state index is 14.4. The monoisotopic (exact) mass is 528 g/mol. The van der Waals surface area contributed by atoms with Gasteiger partial charge in [-0.3, -0.25) is 10.1 Å². The van der Waals surface area contributed by atoms with Crippen LogP contribution in [0, 0.1) is 11.6 Å². The molecule has 0 radical (unpaired) electrons. The molecule has 1 aromatic heterocycles. The van der Waals surface area contributed by atoms with Crippen molar-refractivity contribution in [1.82, 2.24) is 4.98 Å². The highest BCUT2D eigenvalue weighted by Gasteiger charge is 2.17. The number of carbonyl (C=O) groups excluding carboxylic acids is 1. The van der Waals surface area contributed by atoms with E-state index < -0.39 is 29.1 Å². The van der Waals surface area contributed by atoms with Gasteiger partial charge in [0, 0.05) is 27.6 Å². The van der Waals surface area contributed by atoms with Crippen LogP contribution in [0.5, 0.6) is 5.75 Å². The van der Waals surface area contributed by atoms with E-state index in [1.807, 2.05) is 24.3 Å². The molecule has 37 heavy (non-hydrogen) atoms. The SMILES string of the molecule is CCCCCCCCOc1ccccc1-c1csc(NC(=O)c2cc(F)c(/C=C(\C)C(=O)O)c(F)c2)n1. The van der Waals surface area contributed by atoms with E-state index in [1.165, 1.54) is 43.9 Å². The van der Waals surface area contributed by atoms with Crippen LogP contribution in [0.25, 0.3) is 17.3 Å². The van der Waals surface area contributed by atoms with Crippen molar-refractivity contribution in [1.29, 1.82) is 0 Å². The van der Waals surface area contributed by atoms with Gasteiger partial charge in [-0.1, -0.05) is 51.2 Å². The fourth-order valence-electron chi connectivity index (χ4n) is 3.62. The van der Waals surface area contributed by atoms with E-state index in [0.717, 1.165) is 36.6 Å². The number of nitrogens with zero attached hydrogens (tertiary/aromatic N) is 1. The average Bonchev–Trinajstić information content (AvgIpc) is 3.33. The molecule has 0 aliphatic carbocycles. The second-order valence-corrected chi connectivity index (χ2v) is 9.45. The number of ether oxygens (including phenoxy) is 1. The topological polar surface area (TPSA) is 88.5 Å². The van der Waals surface area contributed by atoms with Crippen LogP contribution >= 0.6 is 11.3 Å². The molecule has 3 rings (SSSR count). The summed E-state index contributed by atoms with van der Waals surface area (Å²) in [6.45, 7) is 4.02. The molecule has 0 aliphatic rings. The molecule has 0 atom stereocenters. The maximum Gasteiger partial charge on any atom is 0.331 e. The summed E-state index contributed by atoms with van der Waals surface area (Å²) >= 11 is 1.18. The van der Waals surface area contributed by atoms with Gasteiger partial charge in [-0.15, -0.1) is 11.3 Å². The Labute approximate surface area is 219 Å². The molecule has 0 saturated heterocycles. The molecule has 2 N–H and O–H groups in total. The van der Waals surface area contributed by atoms with Gasteiger partial charge in [0.25, 0.3) is 5.91 Å². The normalized spacial score (nSPS) is 11.4. The molecule has 0 fully saturated rings. The van der Waals surface area contributed by atoms with E-state index in [4.69, 9.17) is 9.84 Å². The molecule has 6 nitrogen and oxygen atoms in total. The summed E-state index contributed by atoms with van der Waals surface area (Å²) in [7, 11) is 0. The van der Waals surface area contributed by atoms with E-state index >= 15 is 0 Å². The number of aromatic nitrogens is 1. The number of hydrogen-bond acceptors (Lipinski definition) is 5.